The van der Waals surface area contributed by atoms with Crippen molar-refractivity contribution in [3.8, 4) is 0 Å². The number of piperazine rings is 1. The van der Waals surface area contributed by atoms with Crippen LogP contribution in [-0.2, 0) is 6.18 Å². The van der Waals surface area contributed by atoms with Crippen molar-refractivity contribution in [3.63, 3.8) is 0 Å². The summed E-state index contributed by atoms with van der Waals surface area (Å²) in [6, 6.07) is 0.994. The van der Waals surface area contributed by atoms with Crippen LogP contribution in [0.4, 0.5) is 29.5 Å². The third-order valence-corrected chi connectivity index (χ3v) is 4.10. The van der Waals surface area contributed by atoms with E-state index < -0.39 is 17.8 Å². The number of anilines is 2. The second kappa shape index (κ2) is 4.92. The summed E-state index contributed by atoms with van der Waals surface area (Å²) in [7, 11) is 1.69. The zero-order valence-corrected chi connectivity index (χ0v) is 11.8. The highest BCUT2D eigenvalue weighted by Gasteiger charge is 2.38. The highest BCUT2D eigenvalue weighted by Crippen LogP contribution is 2.38. The van der Waals surface area contributed by atoms with Crippen molar-refractivity contribution in [3.05, 3.63) is 17.8 Å². The lowest BCUT2D eigenvalue weighted by Gasteiger charge is -2.47. The number of rotatable bonds is 0. The largest absolute Gasteiger partial charge is 0.465 e. The van der Waals surface area contributed by atoms with Crippen LogP contribution in [-0.4, -0.2) is 60.4 Å². The maximum absolute atomic E-state index is 12.8. The first-order valence-corrected chi connectivity index (χ1v) is 6.80. The molecule has 1 N–H and O–H groups in total. The Bertz CT molecular complexity index is 607. The van der Waals surface area contributed by atoms with Crippen molar-refractivity contribution in [2.45, 2.75) is 12.2 Å². The molecule has 1 aromatic heterocycles. The molecule has 3 rings (SSSR count). The number of amides is 1. The Morgan fingerprint density at radius 2 is 2.09 bits per heavy atom. The number of carboxylic acid groups (broad SMARTS) is 1. The topological polar surface area (TPSA) is 59.9 Å². The number of pyridine rings is 1. The molecule has 1 fully saturated rings. The number of alkyl halides is 3. The molecule has 1 aromatic rings. The molecule has 2 aliphatic rings. The Morgan fingerprint density at radius 1 is 1.36 bits per heavy atom. The highest BCUT2D eigenvalue weighted by atomic mass is 19.4. The third-order valence-electron chi connectivity index (χ3n) is 4.10. The molecule has 0 saturated carbocycles. The summed E-state index contributed by atoms with van der Waals surface area (Å²) in [5, 5.41) is 9.07. The normalized spacial score (nSPS) is 21.5. The molecule has 3 heterocycles. The third kappa shape index (κ3) is 2.40. The number of fused-ring (bicyclic) bond motifs is 3. The predicted octanol–water partition coefficient (Wildman–Crippen LogP) is 1.72. The molecule has 0 radical (unpaired) electrons. The van der Waals surface area contributed by atoms with E-state index in [0.29, 0.717) is 37.7 Å². The zero-order chi connectivity index (χ0) is 16.1. The summed E-state index contributed by atoms with van der Waals surface area (Å²) < 4.78 is 38.4. The summed E-state index contributed by atoms with van der Waals surface area (Å²) in [6.07, 6.45) is -4.58. The van der Waals surface area contributed by atoms with Crippen molar-refractivity contribution in [2.75, 3.05) is 43.0 Å². The van der Waals surface area contributed by atoms with Gasteiger partial charge in [-0.25, -0.2) is 9.78 Å². The molecule has 0 unspecified atom stereocenters. The average molecular weight is 316 g/mol. The van der Waals surface area contributed by atoms with E-state index >= 15 is 0 Å². The molecule has 0 bridgehead atoms. The molecular formula is C13H15F3N4O2. The first kappa shape index (κ1) is 14.7. The van der Waals surface area contributed by atoms with Gasteiger partial charge in [-0.1, -0.05) is 0 Å². The summed E-state index contributed by atoms with van der Waals surface area (Å²) in [5.74, 6) is 0.483. The Kier molecular flexibility index (Phi) is 3.30. The molecular weight excluding hydrogens is 301 g/mol. The van der Waals surface area contributed by atoms with Gasteiger partial charge in [-0.15, -0.1) is 0 Å². The van der Waals surface area contributed by atoms with Crippen LogP contribution in [0.5, 0.6) is 0 Å². The summed E-state index contributed by atoms with van der Waals surface area (Å²) in [6.45, 7) is 1.52. The molecule has 120 valence electrons. The Labute approximate surface area is 124 Å². The predicted molar refractivity (Wildman–Crippen MR) is 73.2 cm³/mol. The molecule has 2 aliphatic heterocycles. The highest BCUT2D eigenvalue weighted by molar-refractivity contribution is 5.72. The number of hydrogen-bond donors (Lipinski definition) is 1. The van der Waals surface area contributed by atoms with Crippen LogP contribution in [0.15, 0.2) is 12.3 Å². The lowest BCUT2D eigenvalue weighted by molar-refractivity contribution is -0.137. The smallest absolute Gasteiger partial charge is 0.417 e. The van der Waals surface area contributed by atoms with E-state index in [-0.39, 0.29) is 6.04 Å². The Balaban J connectivity index is 1.93. The quantitative estimate of drug-likeness (QED) is 0.790. The number of likely N-dealkylation sites (N-methyl/N-ethyl adjacent to an activating group) is 1. The van der Waals surface area contributed by atoms with Gasteiger partial charge in [0.25, 0.3) is 0 Å². The van der Waals surface area contributed by atoms with Crippen molar-refractivity contribution in [1.29, 1.82) is 0 Å². The number of nitrogens with zero attached hydrogens (tertiary/aromatic N) is 4. The fourth-order valence-corrected chi connectivity index (χ4v) is 2.98. The molecule has 0 aromatic carbocycles. The minimum atomic E-state index is -4.43. The standard InChI is InChI=1S/C13H15F3N4O2/c1-18-6-9-7-19(12(21)22)2-3-20(9)11-10(18)4-8(5-17-11)13(14,15)16/h4-5,9H,2-3,6-7H2,1H3,(H,21,22)/t9-/m0/s1. The lowest BCUT2D eigenvalue weighted by atomic mass is 10.1. The second-order valence-electron chi connectivity index (χ2n) is 5.52. The van der Waals surface area contributed by atoms with E-state index in [1.165, 1.54) is 4.90 Å². The average Bonchev–Trinajstić information content (AvgIpc) is 2.45. The Morgan fingerprint density at radius 3 is 2.73 bits per heavy atom. The maximum atomic E-state index is 12.8. The van der Waals surface area contributed by atoms with Gasteiger partial charge in [0, 0.05) is 39.4 Å². The van der Waals surface area contributed by atoms with E-state index in [1.807, 2.05) is 4.90 Å². The minimum Gasteiger partial charge on any atom is -0.465 e. The van der Waals surface area contributed by atoms with Gasteiger partial charge >= 0.3 is 12.3 Å². The SMILES string of the molecule is CN1C[C@H]2CN(C(=O)O)CCN2c2ncc(C(F)(F)F)cc21. The van der Waals surface area contributed by atoms with Gasteiger partial charge in [0.15, 0.2) is 5.82 Å². The maximum Gasteiger partial charge on any atom is 0.417 e. The first-order valence-electron chi connectivity index (χ1n) is 6.80. The molecule has 1 amide bonds. The van der Waals surface area contributed by atoms with Crippen LogP contribution < -0.4 is 9.80 Å². The zero-order valence-electron chi connectivity index (χ0n) is 11.8. The molecule has 0 spiro atoms. The Hall–Kier alpha value is -2.19. The van der Waals surface area contributed by atoms with E-state index in [9.17, 15) is 18.0 Å². The number of aromatic nitrogens is 1. The van der Waals surface area contributed by atoms with E-state index in [0.717, 1.165) is 12.3 Å². The number of carbonyl (C=O) groups is 1. The van der Waals surface area contributed by atoms with Gasteiger partial charge in [0.2, 0.25) is 0 Å². The number of halogens is 3. The van der Waals surface area contributed by atoms with Gasteiger partial charge in [-0.3, -0.25) is 0 Å². The van der Waals surface area contributed by atoms with Gasteiger partial charge in [-0.05, 0) is 6.07 Å². The van der Waals surface area contributed by atoms with Crippen LogP contribution in [0, 0.1) is 0 Å². The molecule has 1 saturated heterocycles. The monoisotopic (exact) mass is 316 g/mol. The van der Waals surface area contributed by atoms with Crippen LogP contribution >= 0.6 is 0 Å². The summed E-state index contributed by atoms with van der Waals surface area (Å²) in [5.41, 5.74) is -0.351. The van der Waals surface area contributed by atoms with E-state index in [4.69, 9.17) is 5.11 Å². The van der Waals surface area contributed by atoms with Gasteiger partial charge in [-0.2, -0.15) is 13.2 Å². The summed E-state index contributed by atoms with van der Waals surface area (Å²) >= 11 is 0. The van der Waals surface area contributed by atoms with Crippen LogP contribution in [0.3, 0.4) is 0 Å². The van der Waals surface area contributed by atoms with E-state index in [1.54, 1.807) is 11.9 Å². The molecule has 22 heavy (non-hydrogen) atoms. The van der Waals surface area contributed by atoms with Crippen LogP contribution in [0.1, 0.15) is 5.56 Å². The van der Waals surface area contributed by atoms with Crippen molar-refractivity contribution < 1.29 is 23.1 Å². The van der Waals surface area contributed by atoms with E-state index in [2.05, 4.69) is 4.98 Å². The lowest BCUT2D eigenvalue weighted by Crippen LogP contribution is -2.60. The molecule has 1 atom stereocenters. The molecule has 6 nitrogen and oxygen atoms in total. The van der Waals surface area contributed by atoms with Gasteiger partial charge < -0.3 is 19.8 Å². The summed E-state index contributed by atoms with van der Waals surface area (Å²) in [4.78, 5) is 20.0. The molecule has 0 aliphatic carbocycles. The first-order chi connectivity index (χ1) is 10.3. The van der Waals surface area contributed by atoms with Crippen LogP contribution in [0.2, 0.25) is 0 Å². The fourth-order valence-electron chi connectivity index (χ4n) is 2.98. The van der Waals surface area contributed by atoms with Crippen molar-refractivity contribution in [2.24, 2.45) is 0 Å². The van der Waals surface area contributed by atoms with Crippen molar-refractivity contribution in [1.82, 2.24) is 9.88 Å². The minimum absolute atomic E-state index is 0.105. The number of hydrogen-bond acceptors (Lipinski definition) is 4. The van der Waals surface area contributed by atoms with Crippen LogP contribution in [0.25, 0.3) is 0 Å². The van der Waals surface area contributed by atoms with Crippen molar-refractivity contribution >= 4 is 17.6 Å². The van der Waals surface area contributed by atoms with Gasteiger partial charge in [0.1, 0.15) is 0 Å². The van der Waals surface area contributed by atoms with Gasteiger partial charge in [0.05, 0.1) is 17.3 Å². The fraction of sp³-hybridized carbons (Fsp3) is 0.538. The second-order valence-corrected chi connectivity index (χ2v) is 5.52. The molecule has 9 heteroatoms.